The molecule has 1 aliphatic rings. The predicted octanol–water partition coefficient (Wildman–Crippen LogP) is 2.11. The van der Waals surface area contributed by atoms with E-state index in [0.29, 0.717) is 6.42 Å². The van der Waals surface area contributed by atoms with Gasteiger partial charge in [0.15, 0.2) is 0 Å². The molecule has 1 atom stereocenters. The smallest absolute Gasteiger partial charge is 0.227 e. The molecular formula is C18H28N2O2. The zero-order chi connectivity index (χ0) is 15.9. The lowest BCUT2D eigenvalue weighted by atomic mass is 10.1. The van der Waals surface area contributed by atoms with E-state index in [0.717, 1.165) is 44.6 Å². The van der Waals surface area contributed by atoms with E-state index < -0.39 is 0 Å². The zero-order valence-corrected chi connectivity index (χ0v) is 14.0. The molecule has 1 aromatic rings. The number of nitrogens with zero attached hydrogens (tertiary/aromatic N) is 2. The number of rotatable bonds is 7. The molecule has 0 N–H and O–H groups in total. The van der Waals surface area contributed by atoms with Crippen molar-refractivity contribution in [2.24, 2.45) is 0 Å². The lowest BCUT2D eigenvalue weighted by Crippen LogP contribution is -2.42. The summed E-state index contributed by atoms with van der Waals surface area (Å²) in [6.07, 6.45) is 2.86. The van der Waals surface area contributed by atoms with Gasteiger partial charge >= 0.3 is 0 Å². The Bertz CT molecular complexity index is 464. The Morgan fingerprint density at radius 2 is 1.95 bits per heavy atom. The predicted molar refractivity (Wildman–Crippen MR) is 89.0 cm³/mol. The van der Waals surface area contributed by atoms with Gasteiger partial charge in [0.1, 0.15) is 0 Å². The molecule has 1 saturated heterocycles. The fourth-order valence-corrected chi connectivity index (χ4v) is 2.67. The van der Waals surface area contributed by atoms with Gasteiger partial charge in [0.05, 0.1) is 12.5 Å². The van der Waals surface area contributed by atoms with E-state index >= 15 is 0 Å². The lowest BCUT2D eigenvalue weighted by Gasteiger charge is -2.27. The lowest BCUT2D eigenvalue weighted by molar-refractivity contribution is -0.132. The average Bonchev–Trinajstić information content (AvgIpc) is 2.98. The Hall–Kier alpha value is -1.39. The average molecular weight is 304 g/mol. The van der Waals surface area contributed by atoms with Gasteiger partial charge in [-0.3, -0.25) is 4.79 Å². The van der Waals surface area contributed by atoms with E-state index in [4.69, 9.17) is 4.74 Å². The summed E-state index contributed by atoms with van der Waals surface area (Å²) < 4.78 is 5.70. The van der Waals surface area contributed by atoms with E-state index in [1.807, 2.05) is 31.1 Å². The third-order valence-corrected chi connectivity index (χ3v) is 4.09. The molecule has 0 spiro atoms. The highest BCUT2D eigenvalue weighted by atomic mass is 16.5. The summed E-state index contributed by atoms with van der Waals surface area (Å²) in [5.74, 6) is 0.196. The first-order valence-corrected chi connectivity index (χ1v) is 8.14. The minimum absolute atomic E-state index is 0.196. The van der Waals surface area contributed by atoms with Crippen molar-refractivity contribution >= 4 is 5.91 Å². The molecule has 4 nitrogen and oxygen atoms in total. The van der Waals surface area contributed by atoms with E-state index in [-0.39, 0.29) is 12.0 Å². The van der Waals surface area contributed by atoms with Crippen LogP contribution in [-0.2, 0) is 16.0 Å². The second-order valence-electron chi connectivity index (χ2n) is 6.44. The van der Waals surface area contributed by atoms with Gasteiger partial charge in [-0.1, -0.05) is 29.8 Å². The molecular weight excluding hydrogens is 276 g/mol. The summed E-state index contributed by atoms with van der Waals surface area (Å²) in [5.41, 5.74) is 2.30. The van der Waals surface area contributed by atoms with Gasteiger partial charge < -0.3 is 14.5 Å². The molecule has 122 valence electrons. The summed E-state index contributed by atoms with van der Waals surface area (Å²) in [7, 11) is 4.07. The molecule has 0 bridgehead atoms. The van der Waals surface area contributed by atoms with Crippen LogP contribution in [0, 0.1) is 6.92 Å². The molecule has 1 aromatic carbocycles. The van der Waals surface area contributed by atoms with E-state index in [2.05, 4.69) is 24.0 Å². The Labute approximate surface area is 134 Å². The molecule has 1 fully saturated rings. The number of likely N-dealkylation sites (N-methyl/N-ethyl adjacent to an activating group) is 1. The minimum atomic E-state index is 0.196. The number of amides is 1. The maximum Gasteiger partial charge on any atom is 0.227 e. The van der Waals surface area contributed by atoms with E-state index in [1.165, 1.54) is 5.56 Å². The second-order valence-corrected chi connectivity index (χ2v) is 6.44. The first-order valence-electron chi connectivity index (χ1n) is 8.14. The number of carbonyl (C=O) groups is 1. The van der Waals surface area contributed by atoms with Gasteiger partial charge in [-0.15, -0.1) is 0 Å². The first-order chi connectivity index (χ1) is 10.5. The molecule has 1 amide bonds. The van der Waals surface area contributed by atoms with Crippen molar-refractivity contribution in [2.75, 3.05) is 40.3 Å². The molecule has 22 heavy (non-hydrogen) atoms. The Morgan fingerprint density at radius 1 is 1.23 bits per heavy atom. The van der Waals surface area contributed by atoms with Crippen LogP contribution in [0.15, 0.2) is 24.3 Å². The van der Waals surface area contributed by atoms with Crippen LogP contribution in [0.4, 0.5) is 0 Å². The van der Waals surface area contributed by atoms with Crippen LogP contribution in [-0.4, -0.2) is 62.1 Å². The molecule has 0 aliphatic carbocycles. The van der Waals surface area contributed by atoms with E-state index in [1.54, 1.807) is 0 Å². The molecule has 2 rings (SSSR count). The molecule has 0 aromatic heterocycles. The normalized spacial score (nSPS) is 17.9. The van der Waals surface area contributed by atoms with Crippen LogP contribution in [0.5, 0.6) is 0 Å². The number of aryl methyl sites for hydroxylation is 1. The van der Waals surface area contributed by atoms with Crippen LogP contribution < -0.4 is 0 Å². The van der Waals surface area contributed by atoms with Gasteiger partial charge in [0, 0.05) is 26.2 Å². The van der Waals surface area contributed by atoms with Crippen LogP contribution in [0.25, 0.3) is 0 Å². The van der Waals surface area contributed by atoms with Gasteiger partial charge in [-0.05, 0) is 39.4 Å². The first kappa shape index (κ1) is 17.0. The minimum Gasteiger partial charge on any atom is -0.376 e. The molecule has 1 heterocycles. The molecule has 1 aliphatic heterocycles. The van der Waals surface area contributed by atoms with Crippen molar-refractivity contribution in [1.29, 1.82) is 0 Å². The molecule has 0 unspecified atom stereocenters. The van der Waals surface area contributed by atoms with Crippen molar-refractivity contribution in [1.82, 2.24) is 9.80 Å². The Morgan fingerprint density at radius 3 is 2.55 bits per heavy atom. The summed E-state index contributed by atoms with van der Waals surface area (Å²) in [5, 5.41) is 0. The summed E-state index contributed by atoms with van der Waals surface area (Å²) >= 11 is 0. The molecule has 0 saturated carbocycles. The van der Waals surface area contributed by atoms with Gasteiger partial charge in [0.25, 0.3) is 0 Å². The summed E-state index contributed by atoms with van der Waals surface area (Å²) in [4.78, 5) is 16.7. The highest BCUT2D eigenvalue weighted by Crippen LogP contribution is 2.14. The number of hydrogen-bond donors (Lipinski definition) is 0. The largest absolute Gasteiger partial charge is 0.376 e. The molecule has 4 heteroatoms. The van der Waals surface area contributed by atoms with Gasteiger partial charge in [0.2, 0.25) is 5.91 Å². The number of hydrogen-bond acceptors (Lipinski definition) is 3. The van der Waals surface area contributed by atoms with Crippen LogP contribution >= 0.6 is 0 Å². The van der Waals surface area contributed by atoms with Crippen molar-refractivity contribution in [3.05, 3.63) is 35.4 Å². The number of benzene rings is 1. The Balaban J connectivity index is 1.95. The zero-order valence-electron chi connectivity index (χ0n) is 14.0. The second kappa shape index (κ2) is 8.30. The van der Waals surface area contributed by atoms with Crippen molar-refractivity contribution in [3.63, 3.8) is 0 Å². The maximum atomic E-state index is 12.6. The third kappa shape index (κ3) is 5.43. The number of ether oxygens (including phenoxy) is 1. The summed E-state index contributed by atoms with van der Waals surface area (Å²) in [6.45, 7) is 5.26. The van der Waals surface area contributed by atoms with E-state index in [9.17, 15) is 4.79 Å². The number of carbonyl (C=O) groups excluding carboxylic acids is 1. The quantitative estimate of drug-likeness (QED) is 0.773. The fraction of sp³-hybridized carbons (Fsp3) is 0.611. The molecule has 0 radical (unpaired) electrons. The van der Waals surface area contributed by atoms with Crippen molar-refractivity contribution in [2.45, 2.75) is 32.3 Å². The van der Waals surface area contributed by atoms with Gasteiger partial charge in [-0.25, -0.2) is 0 Å². The summed E-state index contributed by atoms with van der Waals surface area (Å²) in [6, 6.07) is 8.21. The van der Waals surface area contributed by atoms with Crippen LogP contribution in [0.3, 0.4) is 0 Å². The maximum absolute atomic E-state index is 12.6. The van der Waals surface area contributed by atoms with Crippen molar-refractivity contribution in [3.8, 4) is 0 Å². The Kier molecular flexibility index (Phi) is 6.40. The van der Waals surface area contributed by atoms with Crippen molar-refractivity contribution < 1.29 is 9.53 Å². The standard InChI is InChI=1S/C18H28N2O2/c1-15-6-8-16(9-7-15)13-18(21)20(11-10-19(2)3)14-17-5-4-12-22-17/h6-9,17H,4-5,10-14H2,1-3H3/t17-/m0/s1. The van der Waals surface area contributed by atoms with Crippen LogP contribution in [0.2, 0.25) is 0 Å². The highest BCUT2D eigenvalue weighted by Gasteiger charge is 2.22. The topological polar surface area (TPSA) is 32.8 Å². The van der Waals surface area contributed by atoms with Crippen LogP contribution in [0.1, 0.15) is 24.0 Å². The third-order valence-electron chi connectivity index (χ3n) is 4.09. The monoisotopic (exact) mass is 304 g/mol. The fourth-order valence-electron chi connectivity index (χ4n) is 2.67. The highest BCUT2D eigenvalue weighted by molar-refractivity contribution is 5.78. The SMILES string of the molecule is Cc1ccc(CC(=O)N(CCN(C)C)C[C@@H]2CCCO2)cc1. The van der Waals surface area contributed by atoms with Gasteiger partial charge in [-0.2, -0.15) is 0 Å².